The van der Waals surface area contributed by atoms with Crippen molar-refractivity contribution in [2.75, 3.05) is 0 Å². The smallest absolute Gasteiger partial charge is 0.252 e. The van der Waals surface area contributed by atoms with E-state index in [0.717, 1.165) is 12.4 Å². The molecular weight excluding hydrogens is 346 g/mol. The molecule has 0 fully saturated rings. The molecule has 3 aromatic rings. The molecule has 0 aliphatic rings. The third-order valence-electron chi connectivity index (χ3n) is 5.88. The lowest BCUT2D eigenvalue weighted by atomic mass is 10.0. The Morgan fingerprint density at radius 3 is 2.11 bits per heavy atom. The van der Waals surface area contributed by atoms with Crippen LogP contribution in [-0.4, -0.2) is 12.9 Å². The third kappa shape index (κ3) is 3.84. The van der Waals surface area contributed by atoms with Crippen LogP contribution in [0.2, 0.25) is 18.1 Å². The highest BCUT2D eigenvalue weighted by atomic mass is 28.4. The highest BCUT2D eigenvalue weighted by molar-refractivity contribution is 6.74. The van der Waals surface area contributed by atoms with E-state index in [-0.39, 0.29) is 5.04 Å². The first-order valence-electron chi connectivity index (χ1n) is 9.96. The average Bonchev–Trinajstić information content (AvgIpc) is 2.88. The standard InChI is InChI=1S/C24H33NOSi/c1-18(2)22-20-15-11-12-16-21(20)25(17-19-13-9-8-10-14-19)23(22)26-27(6,7)24(3,4)5/h8-16,18H,17H2,1-7H3. The van der Waals surface area contributed by atoms with Gasteiger partial charge in [0.2, 0.25) is 0 Å². The van der Waals surface area contributed by atoms with E-state index in [4.69, 9.17) is 4.43 Å². The maximum absolute atomic E-state index is 6.95. The zero-order valence-electron chi connectivity index (χ0n) is 17.8. The van der Waals surface area contributed by atoms with Crippen LogP contribution in [0.4, 0.5) is 0 Å². The highest BCUT2D eigenvalue weighted by Crippen LogP contribution is 2.43. The topological polar surface area (TPSA) is 14.2 Å². The van der Waals surface area contributed by atoms with Gasteiger partial charge in [-0.25, -0.2) is 0 Å². The summed E-state index contributed by atoms with van der Waals surface area (Å²) >= 11 is 0. The van der Waals surface area contributed by atoms with E-state index in [1.54, 1.807) is 0 Å². The van der Waals surface area contributed by atoms with Gasteiger partial charge in [0.1, 0.15) is 0 Å². The predicted molar refractivity (Wildman–Crippen MR) is 119 cm³/mol. The largest absolute Gasteiger partial charge is 0.532 e. The summed E-state index contributed by atoms with van der Waals surface area (Å²) in [4.78, 5) is 0. The summed E-state index contributed by atoms with van der Waals surface area (Å²) in [5, 5.41) is 1.48. The molecule has 0 N–H and O–H groups in total. The monoisotopic (exact) mass is 379 g/mol. The molecule has 2 aromatic carbocycles. The molecule has 144 valence electrons. The Hall–Kier alpha value is -2.00. The summed E-state index contributed by atoms with van der Waals surface area (Å²) in [6, 6.07) is 19.4. The number of aromatic nitrogens is 1. The first kappa shape index (κ1) is 19.8. The minimum Gasteiger partial charge on any atom is -0.532 e. The van der Waals surface area contributed by atoms with Crippen LogP contribution in [0.3, 0.4) is 0 Å². The lowest BCUT2D eigenvalue weighted by Gasteiger charge is -2.37. The van der Waals surface area contributed by atoms with Crippen LogP contribution in [0.15, 0.2) is 54.6 Å². The number of para-hydroxylation sites is 1. The Labute approximate surface area is 165 Å². The van der Waals surface area contributed by atoms with E-state index >= 15 is 0 Å². The average molecular weight is 380 g/mol. The van der Waals surface area contributed by atoms with Gasteiger partial charge in [0.25, 0.3) is 8.32 Å². The quantitative estimate of drug-likeness (QED) is 0.428. The van der Waals surface area contributed by atoms with Crippen molar-refractivity contribution in [3.05, 3.63) is 65.7 Å². The minimum atomic E-state index is -1.96. The van der Waals surface area contributed by atoms with Crippen LogP contribution in [-0.2, 0) is 6.54 Å². The maximum Gasteiger partial charge on any atom is 0.252 e. The fourth-order valence-corrected chi connectivity index (χ4v) is 4.30. The fraction of sp³-hybridized carbons (Fsp3) is 0.417. The molecule has 27 heavy (non-hydrogen) atoms. The van der Waals surface area contributed by atoms with E-state index in [1.807, 2.05) is 0 Å². The van der Waals surface area contributed by atoms with Gasteiger partial charge in [0, 0.05) is 10.9 Å². The summed E-state index contributed by atoms with van der Waals surface area (Å²) in [5.41, 5.74) is 3.90. The Bertz CT molecular complexity index is 917. The van der Waals surface area contributed by atoms with Gasteiger partial charge in [0.05, 0.1) is 12.1 Å². The molecule has 1 aromatic heterocycles. The summed E-state index contributed by atoms with van der Waals surface area (Å²) in [5.74, 6) is 1.48. The second-order valence-corrected chi connectivity index (χ2v) is 14.0. The van der Waals surface area contributed by atoms with Gasteiger partial charge in [-0.15, -0.1) is 0 Å². The normalized spacial score (nSPS) is 12.7. The molecule has 0 aliphatic heterocycles. The number of hydrogen-bond donors (Lipinski definition) is 0. The van der Waals surface area contributed by atoms with E-state index < -0.39 is 8.32 Å². The first-order chi connectivity index (χ1) is 12.6. The Morgan fingerprint density at radius 2 is 1.52 bits per heavy atom. The van der Waals surface area contributed by atoms with Crippen molar-refractivity contribution in [3.8, 4) is 5.88 Å². The second-order valence-electron chi connectivity index (χ2n) is 9.32. The van der Waals surface area contributed by atoms with Crippen molar-refractivity contribution in [3.63, 3.8) is 0 Å². The molecule has 1 heterocycles. The van der Waals surface area contributed by atoms with Crippen molar-refractivity contribution in [1.82, 2.24) is 4.57 Å². The Balaban J connectivity index is 2.22. The molecule has 3 heteroatoms. The van der Waals surface area contributed by atoms with Crippen LogP contribution >= 0.6 is 0 Å². The minimum absolute atomic E-state index is 0.162. The molecule has 0 saturated carbocycles. The zero-order chi connectivity index (χ0) is 19.8. The number of nitrogens with zero attached hydrogens (tertiary/aromatic N) is 1. The molecule has 0 unspecified atom stereocenters. The van der Waals surface area contributed by atoms with Gasteiger partial charge in [-0.05, 0) is 35.7 Å². The van der Waals surface area contributed by atoms with Gasteiger partial charge in [-0.3, -0.25) is 0 Å². The number of benzene rings is 2. The van der Waals surface area contributed by atoms with E-state index in [0.29, 0.717) is 5.92 Å². The number of rotatable bonds is 5. The molecule has 0 radical (unpaired) electrons. The van der Waals surface area contributed by atoms with Gasteiger partial charge >= 0.3 is 0 Å². The zero-order valence-corrected chi connectivity index (χ0v) is 18.8. The summed E-state index contributed by atoms with van der Waals surface area (Å²) in [6.45, 7) is 17.0. The first-order valence-corrected chi connectivity index (χ1v) is 12.9. The summed E-state index contributed by atoms with van der Waals surface area (Å²) in [7, 11) is -1.96. The molecule has 3 rings (SSSR count). The van der Waals surface area contributed by atoms with Crippen LogP contribution in [0.1, 0.15) is 51.7 Å². The lowest BCUT2D eigenvalue weighted by molar-refractivity contribution is 0.449. The van der Waals surface area contributed by atoms with Gasteiger partial charge < -0.3 is 8.99 Å². The number of hydrogen-bond acceptors (Lipinski definition) is 1. The molecule has 0 bridgehead atoms. The van der Waals surface area contributed by atoms with Crippen LogP contribution < -0.4 is 4.43 Å². The van der Waals surface area contributed by atoms with Gasteiger partial charge in [-0.1, -0.05) is 83.1 Å². The predicted octanol–water partition coefficient (Wildman–Crippen LogP) is 7.20. The molecule has 0 atom stereocenters. The molecule has 0 saturated heterocycles. The Morgan fingerprint density at radius 1 is 0.926 bits per heavy atom. The lowest BCUT2D eigenvalue weighted by Crippen LogP contribution is -2.44. The van der Waals surface area contributed by atoms with Crippen LogP contribution in [0.25, 0.3) is 10.9 Å². The third-order valence-corrected chi connectivity index (χ3v) is 10.2. The van der Waals surface area contributed by atoms with E-state index in [1.165, 1.54) is 22.0 Å². The van der Waals surface area contributed by atoms with Crippen LogP contribution in [0, 0.1) is 0 Å². The molecule has 0 amide bonds. The molecule has 0 aliphatic carbocycles. The Kier molecular flexibility index (Phi) is 5.26. The van der Waals surface area contributed by atoms with Gasteiger partial charge in [-0.2, -0.15) is 0 Å². The summed E-state index contributed by atoms with van der Waals surface area (Å²) in [6.07, 6.45) is 0. The van der Waals surface area contributed by atoms with Crippen molar-refractivity contribution in [1.29, 1.82) is 0 Å². The summed E-state index contributed by atoms with van der Waals surface area (Å²) < 4.78 is 9.34. The molecule has 0 spiro atoms. The molecular formula is C24H33NOSi. The number of fused-ring (bicyclic) bond motifs is 1. The second kappa shape index (κ2) is 7.20. The van der Waals surface area contributed by atoms with Gasteiger partial charge in [0.15, 0.2) is 5.88 Å². The van der Waals surface area contributed by atoms with Crippen LogP contribution in [0.5, 0.6) is 5.88 Å². The van der Waals surface area contributed by atoms with Crippen molar-refractivity contribution >= 4 is 19.2 Å². The van der Waals surface area contributed by atoms with Crippen molar-refractivity contribution in [2.24, 2.45) is 0 Å². The maximum atomic E-state index is 6.95. The van der Waals surface area contributed by atoms with E-state index in [9.17, 15) is 0 Å². The van der Waals surface area contributed by atoms with Crippen molar-refractivity contribution in [2.45, 2.75) is 65.2 Å². The SMILES string of the molecule is CC(C)c1c(O[Si](C)(C)C(C)(C)C)n(Cc2ccccc2)c2ccccc12. The molecule has 2 nitrogen and oxygen atoms in total. The highest BCUT2D eigenvalue weighted by Gasteiger charge is 2.40. The van der Waals surface area contributed by atoms with E-state index in [2.05, 4.69) is 107 Å². The van der Waals surface area contributed by atoms with Crippen molar-refractivity contribution < 1.29 is 4.43 Å². The fourth-order valence-electron chi connectivity index (χ4n) is 3.29.